The van der Waals surface area contributed by atoms with E-state index in [1.165, 1.54) is 11.2 Å². The lowest BCUT2D eigenvalue weighted by Gasteiger charge is -2.32. The average Bonchev–Trinajstić information content (AvgIpc) is 3.52. The van der Waals surface area contributed by atoms with E-state index in [9.17, 15) is 9.59 Å². The highest BCUT2D eigenvalue weighted by molar-refractivity contribution is 6.34. The molecule has 0 unspecified atom stereocenters. The van der Waals surface area contributed by atoms with Gasteiger partial charge in [-0.1, -0.05) is 48.7 Å². The van der Waals surface area contributed by atoms with Crippen LogP contribution >= 0.6 is 11.6 Å². The number of benzene rings is 2. The number of rotatable bonds is 7. The van der Waals surface area contributed by atoms with Gasteiger partial charge in [0, 0.05) is 6.04 Å². The monoisotopic (exact) mass is 452 g/mol. The molecule has 1 fully saturated rings. The van der Waals surface area contributed by atoms with Crippen molar-refractivity contribution in [1.29, 1.82) is 0 Å². The number of halogens is 1. The van der Waals surface area contributed by atoms with Crippen LogP contribution in [0, 0.1) is 0 Å². The molecule has 1 heterocycles. The molecule has 1 saturated carbocycles. The Balaban J connectivity index is 1.84. The zero-order valence-electron chi connectivity index (χ0n) is 17.8. The molecule has 0 radical (unpaired) electrons. The van der Waals surface area contributed by atoms with E-state index in [2.05, 4.69) is 5.32 Å². The Labute approximate surface area is 192 Å². The number of methoxy groups -OCH3 is 1. The number of anilines is 1. The normalized spacial score (nSPS) is 14.7. The summed E-state index contributed by atoms with van der Waals surface area (Å²) in [5, 5.41) is 3.49. The number of nitrogens with zero attached hydrogens (tertiary/aromatic N) is 1. The minimum atomic E-state index is -0.969. The van der Waals surface area contributed by atoms with Crippen molar-refractivity contribution < 1.29 is 18.7 Å². The zero-order chi connectivity index (χ0) is 22.5. The van der Waals surface area contributed by atoms with Crippen molar-refractivity contribution in [2.45, 2.75) is 37.8 Å². The lowest BCUT2D eigenvalue weighted by atomic mass is 10.0. The number of carbonyl (C=O) groups is 2. The van der Waals surface area contributed by atoms with Crippen molar-refractivity contribution in [1.82, 2.24) is 5.32 Å². The third-order valence-electron chi connectivity index (χ3n) is 5.68. The Morgan fingerprint density at radius 3 is 2.56 bits per heavy atom. The molecule has 1 N–H and O–H groups in total. The van der Waals surface area contributed by atoms with Gasteiger partial charge >= 0.3 is 0 Å². The maximum absolute atomic E-state index is 13.7. The Morgan fingerprint density at radius 2 is 1.88 bits per heavy atom. The van der Waals surface area contributed by atoms with Crippen molar-refractivity contribution in [2.75, 3.05) is 12.0 Å². The van der Waals surface area contributed by atoms with Crippen molar-refractivity contribution in [2.24, 2.45) is 0 Å². The summed E-state index contributed by atoms with van der Waals surface area (Å²) in [5.41, 5.74) is 1.03. The van der Waals surface area contributed by atoms with Crippen molar-refractivity contribution in [3.63, 3.8) is 0 Å². The summed E-state index contributed by atoms with van der Waals surface area (Å²) in [6, 6.07) is 16.5. The number of ether oxygens (including phenoxy) is 1. The van der Waals surface area contributed by atoms with Crippen LogP contribution in [-0.4, -0.2) is 25.0 Å². The molecule has 0 saturated heterocycles. The van der Waals surface area contributed by atoms with Crippen LogP contribution in [0.3, 0.4) is 0 Å². The van der Waals surface area contributed by atoms with Crippen molar-refractivity contribution in [3.8, 4) is 5.75 Å². The fourth-order valence-electron chi connectivity index (χ4n) is 4.11. The quantitative estimate of drug-likeness (QED) is 0.521. The van der Waals surface area contributed by atoms with Crippen LogP contribution in [0.5, 0.6) is 5.75 Å². The summed E-state index contributed by atoms with van der Waals surface area (Å²) in [4.78, 5) is 28.7. The van der Waals surface area contributed by atoms with E-state index in [4.69, 9.17) is 20.8 Å². The molecule has 4 rings (SSSR count). The molecule has 2 aromatic carbocycles. The van der Waals surface area contributed by atoms with Crippen LogP contribution in [0.1, 0.15) is 47.8 Å². The Kier molecular flexibility index (Phi) is 6.81. The minimum absolute atomic E-state index is 0.0856. The van der Waals surface area contributed by atoms with E-state index < -0.39 is 11.9 Å². The fourth-order valence-corrected chi connectivity index (χ4v) is 4.34. The molecule has 0 aliphatic heterocycles. The van der Waals surface area contributed by atoms with Crippen molar-refractivity contribution >= 4 is 29.1 Å². The molecule has 1 aliphatic rings. The third kappa shape index (κ3) is 4.65. The zero-order valence-corrected chi connectivity index (χ0v) is 18.5. The minimum Gasteiger partial charge on any atom is -0.497 e. The highest BCUT2D eigenvalue weighted by Gasteiger charge is 2.36. The van der Waals surface area contributed by atoms with E-state index in [0.717, 1.165) is 25.7 Å². The van der Waals surface area contributed by atoms with Crippen LogP contribution in [0.2, 0.25) is 5.02 Å². The summed E-state index contributed by atoms with van der Waals surface area (Å²) in [5.74, 6) is -0.0281. The summed E-state index contributed by atoms with van der Waals surface area (Å²) in [6.07, 6.45) is 5.43. The van der Waals surface area contributed by atoms with E-state index in [-0.39, 0.29) is 17.7 Å². The number of amides is 2. The van der Waals surface area contributed by atoms with Crippen LogP contribution in [0.15, 0.2) is 71.3 Å². The number of furan rings is 1. The molecular formula is C25H25ClN2O4. The van der Waals surface area contributed by atoms with Gasteiger partial charge in [0.2, 0.25) is 5.91 Å². The number of carbonyl (C=O) groups excluding carboxylic acids is 2. The molecule has 6 nitrogen and oxygen atoms in total. The second kappa shape index (κ2) is 9.92. The lowest BCUT2D eigenvalue weighted by molar-refractivity contribution is -0.123. The SMILES string of the molecule is COc1cccc([C@@H](C(=O)NC2CCCC2)N(C(=O)c2ccco2)c2ccccc2Cl)c1. The first-order valence-corrected chi connectivity index (χ1v) is 11.0. The molecule has 0 spiro atoms. The van der Waals surface area contributed by atoms with Crippen LogP contribution in [-0.2, 0) is 4.79 Å². The molecule has 32 heavy (non-hydrogen) atoms. The summed E-state index contributed by atoms with van der Waals surface area (Å²) >= 11 is 6.51. The van der Waals surface area contributed by atoms with Gasteiger partial charge in [0.05, 0.1) is 24.1 Å². The number of nitrogens with one attached hydrogen (secondary N) is 1. The Bertz CT molecular complexity index is 1080. The van der Waals surface area contributed by atoms with E-state index in [1.54, 1.807) is 67.8 Å². The van der Waals surface area contributed by atoms with Gasteiger partial charge in [-0.25, -0.2) is 0 Å². The molecule has 166 valence electrons. The molecule has 2 amide bonds. The van der Waals surface area contributed by atoms with E-state index >= 15 is 0 Å². The molecule has 7 heteroatoms. The van der Waals surface area contributed by atoms with Crippen LogP contribution in [0.4, 0.5) is 5.69 Å². The number of hydrogen-bond donors (Lipinski definition) is 1. The van der Waals surface area contributed by atoms with Gasteiger partial charge < -0.3 is 14.5 Å². The standard InChI is InChI=1S/C25H25ClN2O4/c1-31-19-11-6-8-17(16-19)23(24(29)27-18-9-2-3-10-18)28(21-13-5-4-12-20(21)26)25(30)22-14-7-15-32-22/h4-8,11-16,18,23H,2-3,9-10H2,1H3,(H,27,29)/t23-/m0/s1. The molecule has 0 bridgehead atoms. The predicted octanol–water partition coefficient (Wildman–Crippen LogP) is 5.39. The molecular weight excluding hydrogens is 428 g/mol. The van der Waals surface area contributed by atoms with Crippen LogP contribution < -0.4 is 15.0 Å². The Hall–Kier alpha value is -3.25. The number of para-hydroxylation sites is 1. The Morgan fingerprint density at radius 1 is 1.09 bits per heavy atom. The second-order valence-electron chi connectivity index (χ2n) is 7.77. The van der Waals surface area contributed by atoms with E-state index in [1.807, 2.05) is 0 Å². The van der Waals surface area contributed by atoms with Gasteiger partial charge in [0.1, 0.15) is 11.8 Å². The van der Waals surface area contributed by atoms with Gasteiger partial charge in [0.15, 0.2) is 5.76 Å². The molecule has 1 aliphatic carbocycles. The van der Waals surface area contributed by atoms with Gasteiger partial charge in [-0.2, -0.15) is 0 Å². The van der Waals surface area contributed by atoms with Crippen molar-refractivity contribution in [3.05, 3.63) is 83.3 Å². The molecule has 1 aromatic heterocycles. The highest BCUT2D eigenvalue weighted by atomic mass is 35.5. The van der Waals surface area contributed by atoms with Crippen LogP contribution in [0.25, 0.3) is 0 Å². The third-order valence-corrected chi connectivity index (χ3v) is 6.00. The van der Waals surface area contributed by atoms with Gasteiger partial charge in [-0.3, -0.25) is 14.5 Å². The maximum atomic E-state index is 13.7. The first-order chi connectivity index (χ1) is 15.6. The summed E-state index contributed by atoms with van der Waals surface area (Å²) < 4.78 is 10.8. The van der Waals surface area contributed by atoms with E-state index in [0.29, 0.717) is 22.0 Å². The number of hydrogen-bond acceptors (Lipinski definition) is 4. The van der Waals surface area contributed by atoms with Gasteiger partial charge in [-0.05, 0) is 54.8 Å². The average molecular weight is 453 g/mol. The fraction of sp³-hybridized carbons (Fsp3) is 0.280. The smallest absolute Gasteiger partial charge is 0.295 e. The second-order valence-corrected chi connectivity index (χ2v) is 8.18. The van der Waals surface area contributed by atoms with Gasteiger partial charge in [-0.15, -0.1) is 0 Å². The van der Waals surface area contributed by atoms with Gasteiger partial charge in [0.25, 0.3) is 5.91 Å². The summed E-state index contributed by atoms with van der Waals surface area (Å²) in [7, 11) is 1.56. The lowest BCUT2D eigenvalue weighted by Crippen LogP contribution is -2.46. The molecule has 3 aromatic rings. The largest absolute Gasteiger partial charge is 0.497 e. The first kappa shape index (κ1) is 22.0. The summed E-state index contributed by atoms with van der Waals surface area (Å²) in [6.45, 7) is 0. The predicted molar refractivity (Wildman–Crippen MR) is 123 cm³/mol. The highest BCUT2D eigenvalue weighted by Crippen LogP contribution is 2.36. The first-order valence-electron chi connectivity index (χ1n) is 10.6. The molecule has 1 atom stereocenters. The topological polar surface area (TPSA) is 71.8 Å². The maximum Gasteiger partial charge on any atom is 0.295 e.